The molecule has 0 saturated carbocycles. The molecule has 0 unspecified atom stereocenters. The fourth-order valence-corrected chi connectivity index (χ4v) is 2.21. The summed E-state index contributed by atoms with van der Waals surface area (Å²) >= 11 is 0. The summed E-state index contributed by atoms with van der Waals surface area (Å²) in [7, 11) is -3.11. The smallest absolute Gasteiger partial charge is 0.156 e. The van der Waals surface area contributed by atoms with Gasteiger partial charge in [-0.1, -0.05) is 18.2 Å². The lowest BCUT2D eigenvalue weighted by atomic mass is 10.1. The van der Waals surface area contributed by atoms with Gasteiger partial charge >= 0.3 is 0 Å². The van der Waals surface area contributed by atoms with E-state index in [1.807, 2.05) is 0 Å². The Labute approximate surface area is 95.9 Å². The van der Waals surface area contributed by atoms with Crippen LogP contribution in [0.15, 0.2) is 24.3 Å². The van der Waals surface area contributed by atoms with Crippen LogP contribution in [0.1, 0.15) is 25.0 Å². The van der Waals surface area contributed by atoms with Gasteiger partial charge in [0.1, 0.15) is 5.84 Å². The van der Waals surface area contributed by atoms with E-state index in [2.05, 4.69) is 0 Å². The summed E-state index contributed by atoms with van der Waals surface area (Å²) in [6.07, 6.45) is 0. The summed E-state index contributed by atoms with van der Waals surface area (Å²) in [4.78, 5) is 0. The number of nitrogen functional groups attached to an aromatic ring is 1. The van der Waals surface area contributed by atoms with E-state index in [9.17, 15) is 8.42 Å². The van der Waals surface area contributed by atoms with Crippen LogP contribution in [0.3, 0.4) is 0 Å². The molecule has 0 bridgehead atoms. The zero-order valence-corrected chi connectivity index (χ0v) is 10.2. The minimum absolute atomic E-state index is 0.00815. The molecule has 0 aromatic heterocycles. The number of hydrogen-bond donors (Lipinski definition) is 2. The molecule has 5 heteroatoms. The van der Waals surface area contributed by atoms with Crippen LogP contribution < -0.4 is 5.73 Å². The molecule has 0 atom stereocenters. The van der Waals surface area contributed by atoms with Crippen LogP contribution in [0, 0.1) is 5.41 Å². The summed E-state index contributed by atoms with van der Waals surface area (Å²) in [6.45, 7) is 3.31. The molecule has 3 N–H and O–H groups in total. The first-order valence-corrected chi connectivity index (χ1v) is 6.69. The molecule has 0 saturated heterocycles. The largest absolute Gasteiger partial charge is 0.384 e. The maximum Gasteiger partial charge on any atom is 0.156 e. The molecule has 16 heavy (non-hydrogen) atoms. The molecular formula is C11H16N2O2S. The van der Waals surface area contributed by atoms with E-state index in [1.165, 1.54) is 0 Å². The molecule has 0 radical (unpaired) electrons. The van der Waals surface area contributed by atoms with E-state index < -0.39 is 15.1 Å². The topological polar surface area (TPSA) is 84.0 Å². The van der Waals surface area contributed by atoms with Gasteiger partial charge < -0.3 is 5.73 Å². The van der Waals surface area contributed by atoms with E-state index in [-0.39, 0.29) is 11.6 Å². The van der Waals surface area contributed by atoms with Crippen LogP contribution in [0.5, 0.6) is 0 Å². The van der Waals surface area contributed by atoms with Gasteiger partial charge in [0.2, 0.25) is 0 Å². The molecule has 88 valence electrons. The van der Waals surface area contributed by atoms with Crippen molar-refractivity contribution in [2.75, 3.05) is 0 Å². The second-order valence-electron chi connectivity index (χ2n) is 3.97. The molecule has 4 nitrogen and oxygen atoms in total. The Hall–Kier alpha value is -1.36. The van der Waals surface area contributed by atoms with Crippen LogP contribution in [0.4, 0.5) is 0 Å². The summed E-state index contributed by atoms with van der Waals surface area (Å²) in [5, 5.41) is 6.88. The van der Waals surface area contributed by atoms with E-state index >= 15 is 0 Å². The maximum atomic E-state index is 11.7. The third kappa shape index (κ3) is 3.06. The second kappa shape index (κ2) is 4.65. The van der Waals surface area contributed by atoms with Crippen LogP contribution in [0.2, 0.25) is 0 Å². The molecule has 1 rings (SSSR count). The molecule has 1 aromatic rings. The quantitative estimate of drug-likeness (QED) is 0.614. The Morgan fingerprint density at radius 2 is 2.06 bits per heavy atom. The number of amidine groups is 1. The van der Waals surface area contributed by atoms with Crippen molar-refractivity contribution in [3.8, 4) is 0 Å². The van der Waals surface area contributed by atoms with Crippen molar-refractivity contribution >= 4 is 15.7 Å². The van der Waals surface area contributed by atoms with Crippen molar-refractivity contribution in [3.05, 3.63) is 35.4 Å². The average molecular weight is 240 g/mol. The van der Waals surface area contributed by atoms with Crippen LogP contribution in [0.25, 0.3) is 0 Å². The molecule has 0 aliphatic carbocycles. The van der Waals surface area contributed by atoms with Gasteiger partial charge in [-0.2, -0.15) is 0 Å². The van der Waals surface area contributed by atoms with Crippen molar-refractivity contribution in [2.24, 2.45) is 5.73 Å². The van der Waals surface area contributed by atoms with Crippen molar-refractivity contribution in [1.82, 2.24) is 0 Å². The normalized spacial score (nSPS) is 11.7. The molecule has 0 fully saturated rings. The SMILES string of the molecule is CC(C)S(=O)(=O)Cc1cccc(C(=N)N)c1. The van der Waals surface area contributed by atoms with E-state index in [0.717, 1.165) is 0 Å². The fourth-order valence-electron chi connectivity index (χ4n) is 1.23. The van der Waals surface area contributed by atoms with Gasteiger partial charge in [0.05, 0.1) is 11.0 Å². The molecular weight excluding hydrogens is 224 g/mol. The first-order valence-electron chi connectivity index (χ1n) is 4.98. The van der Waals surface area contributed by atoms with Crippen molar-refractivity contribution in [3.63, 3.8) is 0 Å². The lowest BCUT2D eigenvalue weighted by Crippen LogP contribution is -2.17. The lowest BCUT2D eigenvalue weighted by Gasteiger charge is -2.08. The van der Waals surface area contributed by atoms with E-state index in [0.29, 0.717) is 11.1 Å². The molecule has 0 spiro atoms. The Kier molecular flexibility index (Phi) is 3.70. The predicted octanol–water partition coefficient (Wildman–Crippen LogP) is 1.29. The molecule has 0 heterocycles. The number of nitrogens with two attached hydrogens (primary N) is 1. The highest BCUT2D eigenvalue weighted by Gasteiger charge is 2.16. The minimum Gasteiger partial charge on any atom is -0.384 e. The standard InChI is InChI=1S/C11H16N2O2S/c1-8(2)16(14,15)7-9-4-3-5-10(6-9)11(12)13/h3-6,8H,7H2,1-2H3,(H3,12,13). The highest BCUT2D eigenvalue weighted by atomic mass is 32.2. The number of rotatable bonds is 4. The number of benzene rings is 1. The Morgan fingerprint density at radius 3 is 2.56 bits per heavy atom. The minimum atomic E-state index is -3.11. The molecule has 0 aliphatic heterocycles. The summed E-state index contributed by atoms with van der Waals surface area (Å²) in [5.41, 5.74) is 6.56. The summed E-state index contributed by atoms with van der Waals surface area (Å²) in [5.74, 6) is -0.0602. The van der Waals surface area contributed by atoms with Crippen LogP contribution in [-0.4, -0.2) is 19.5 Å². The fraction of sp³-hybridized carbons (Fsp3) is 0.364. The van der Waals surface area contributed by atoms with Crippen LogP contribution >= 0.6 is 0 Å². The number of sulfone groups is 1. The van der Waals surface area contributed by atoms with Crippen molar-refractivity contribution in [2.45, 2.75) is 24.9 Å². The maximum absolute atomic E-state index is 11.7. The zero-order chi connectivity index (χ0) is 12.3. The van der Waals surface area contributed by atoms with Crippen LogP contribution in [-0.2, 0) is 15.6 Å². The third-order valence-electron chi connectivity index (χ3n) is 2.32. The van der Waals surface area contributed by atoms with Gasteiger partial charge in [0.15, 0.2) is 9.84 Å². The third-order valence-corrected chi connectivity index (χ3v) is 4.50. The molecule has 0 amide bonds. The highest BCUT2D eigenvalue weighted by Crippen LogP contribution is 2.12. The average Bonchev–Trinajstić information content (AvgIpc) is 2.17. The lowest BCUT2D eigenvalue weighted by molar-refractivity contribution is 0.586. The van der Waals surface area contributed by atoms with Gasteiger partial charge in [-0.15, -0.1) is 0 Å². The first kappa shape index (κ1) is 12.7. The first-order chi connectivity index (χ1) is 7.33. The predicted molar refractivity (Wildman–Crippen MR) is 65.2 cm³/mol. The Bertz CT molecular complexity index is 492. The number of hydrogen-bond acceptors (Lipinski definition) is 3. The summed E-state index contributed by atoms with van der Waals surface area (Å²) < 4.78 is 23.4. The van der Waals surface area contributed by atoms with E-state index in [1.54, 1.807) is 38.1 Å². The van der Waals surface area contributed by atoms with E-state index in [4.69, 9.17) is 11.1 Å². The monoisotopic (exact) mass is 240 g/mol. The van der Waals surface area contributed by atoms with Gasteiger partial charge in [0.25, 0.3) is 0 Å². The number of nitrogens with one attached hydrogen (secondary N) is 1. The Balaban J connectivity index is 2.99. The van der Waals surface area contributed by atoms with Gasteiger partial charge in [0, 0.05) is 5.56 Å². The highest BCUT2D eigenvalue weighted by molar-refractivity contribution is 7.91. The molecule has 0 aliphatic rings. The van der Waals surface area contributed by atoms with Crippen molar-refractivity contribution in [1.29, 1.82) is 5.41 Å². The second-order valence-corrected chi connectivity index (χ2v) is 6.53. The summed E-state index contributed by atoms with van der Waals surface area (Å²) in [6, 6.07) is 6.77. The van der Waals surface area contributed by atoms with Gasteiger partial charge in [-0.25, -0.2) is 8.42 Å². The molecule has 1 aromatic carbocycles. The van der Waals surface area contributed by atoms with Gasteiger partial charge in [-0.05, 0) is 25.5 Å². The van der Waals surface area contributed by atoms with Crippen molar-refractivity contribution < 1.29 is 8.42 Å². The van der Waals surface area contributed by atoms with Gasteiger partial charge in [-0.3, -0.25) is 5.41 Å². The zero-order valence-electron chi connectivity index (χ0n) is 9.40. The Morgan fingerprint density at radius 1 is 1.44 bits per heavy atom.